The number of benzene rings is 3. The maximum absolute atomic E-state index is 13.0. The summed E-state index contributed by atoms with van der Waals surface area (Å²) in [5.41, 5.74) is 3.60. The summed E-state index contributed by atoms with van der Waals surface area (Å²) in [5, 5.41) is 17.5. The number of halogens is 1. The van der Waals surface area contributed by atoms with Gasteiger partial charge in [0.2, 0.25) is 6.17 Å². The molecule has 2 amide bonds. The van der Waals surface area contributed by atoms with Gasteiger partial charge in [0.25, 0.3) is 0 Å². The molecule has 1 heterocycles. The Hall–Kier alpha value is -4.47. The van der Waals surface area contributed by atoms with Crippen LogP contribution < -0.4 is 10.2 Å². The number of nitrogens with one attached hydrogen (secondary N) is 1. The number of esters is 1. The van der Waals surface area contributed by atoms with E-state index in [0.29, 0.717) is 29.1 Å². The highest BCUT2D eigenvalue weighted by molar-refractivity contribution is 6.00. The highest BCUT2D eigenvalue weighted by atomic mass is 19.1. The monoisotopic (exact) mass is 460 g/mol. The normalized spacial score (nSPS) is 12.5. The van der Waals surface area contributed by atoms with Gasteiger partial charge in [-0.05, 0) is 64.9 Å². The van der Waals surface area contributed by atoms with Crippen LogP contribution in [-0.2, 0) is 4.74 Å². The van der Waals surface area contributed by atoms with E-state index in [-0.39, 0.29) is 0 Å². The van der Waals surface area contributed by atoms with Crippen LogP contribution in [0.3, 0.4) is 0 Å². The lowest BCUT2D eigenvalue weighted by molar-refractivity contribution is 0.0526. The van der Waals surface area contributed by atoms with E-state index in [1.54, 1.807) is 61.5 Å². The number of para-hydroxylation sites is 1. The minimum atomic E-state index is -1.02. The fraction of sp³-hybridized carbons (Fsp3) is 0.167. The van der Waals surface area contributed by atoms with Gasteiger partial charge in [-0.3, -0.25) is 4.90 Å². The van der Waals surface area contributed by atoms with Crippen LogP contribution in [0, 0.1) is 0 Å². The number of urea groups is 1. The summed E-state index contributed by atoms with van der Waals surface area (Å²) in [6.45, 7) is 1.02. The number of hydrogen-bond donors (Lipinski definition) is 1. The van der Waals surface area contributed by atoms with Crippen LogP contribution in [0.1, 0.15) is 29.0 Å². The van der Waals surface area contributed by atoms with Gasteiger partial charge >= 0.3 is 12.0 Å². The maximum atomic E-state index is 13.0. The van der Waals surface area contributed by atoms with E-state index < -0.39 is 25.0 Å². The van der Waals surface area contributed by atoms with Crippen LogP contribution >= 0.6 is 0 Å². The Kier molecular flexibility index (Phi) is 6.97. The SMILES string of the molecule is CCOC(=O)c1ccc(-c2ccc(N(C(=O)NCF)c3ccccc3)c(C3N=NN=N3)c2)cc1. The second-order valence-electron chi connectivity index (χ2n) is 7.14. The van der Waals surface area contributed by atoms with Gasteiger partial charge in [-0.1, -0.05) is 36.4 Å². The molecule has 172 valence electrons. The molecule has 0 atom stereocenters. The summed E-state index contributed by atoms with van der Waals surface area (Å²) >= 11 is 0. The number of ether oxygens (including phenoxy) is 1. The molecule has 0 radical (unpaired) electrons. The number of carbonyl (C=O) groups excluding carboxylic acids is 2. The molecule has 0 saturated carbocycles. The lowest BCUT2D eigenvalue weighted by Crippen LogP contribution is -2.37. The largest absolute Gasteiger partial charge is 0.462 e. The highest BCUT2D eigenvalue weighted by Gasteiger charge is 2.26. The van der Waals surface area contributed by atoms with E-state index in [1.165, 1.54) is 4.90 Å². The first-order valence-corrected chi connectivity index (χ1v) is 10.5. The predicted octanol–water partition coefficient (Wildman–Crippen LogP) is 6.14. The molecule has 0 saturated heterocycles. The topological polar surface area (TPSA) is 108 Å². The zero-order chi connectivity index (χ0) is 23.9. The Morgan fingerprint density at radius 2 is 1.65 bits per heavy atom. The Bertz CT molecular complexity index is 1220. The van der Waals surface area contributed by atoms with Crippen LogP contribution in [0.5, 0.6) is 0 Å². The van der Waals surface area contributed by atoms with Gasteiger partial charge in [-0.2, -0.15) is 0 Å². The van der Waals surface area contributed by atoms with Gasteiger partial charge in [0.1, 0.15) is 0 Å². The van der Waals surface area contributed by atoms with Crippen molar-refractivity contribution in [2.75, 3.05) is 18.3 Å². The number of carbonyl (C=O) groups is 2. The van der Waals surface area contributed by atoms with Crippen molar-refractivity contribution in [3.8, 4) is 11.1 Å². The summed E-state index contributed by atoms with van der Waals surface area (Å²) in [4.78, 5) is 26.2. The molecule has 1 N–H and O–H groups in total. The summed E-state index contributed by atoms with van der Waals surface area (Å²) < 4.78 is 18.0. The fourth-order valence-electron chi connectivity index (χ4n) is 3.53. The summed E-state index contributed by atoms with van der Waals surface area (Å²) in [6, 6.07) is 20.5. The lowest BCUT2D eigenvalue weighted by atomic mass is 9.99. The Morgan fingerprint density at radius 1 is 0.971 bits per heavy atom. The van der Waals surface area contributed by atoms with Crippen LogP contribution in [-0.4, -0.2) is 25.4 Å². The molecule has 0 aliphatic carbocycles. The smallest absolute Gasteiger partial charge is 0.338 e. The summed E-state index contributed by atoms with van der Waals surface area (Å²) in [5.74, 6) is -0.394. The quantitative estimate of drug-likeness (QED) is 0.338. The van der Waals surface area contributed by atoms with Gasteiger partial charge in [-0.15, -0.1) is 10.2 Å². The van der Waals surface area contributed by atoms with Crippen LogP contribution in [0.15, 0.2) is 93.5 Å². The molecule has 0 aromatic heterocycles. The van der Waals surface area contributed by atoms with Crippen molar-refractivity contribution in [1.29, 1.82) is 0 Å². The third-order valence-corrected chi connectivity index (χ3v) is 5.07. The lowest BCUT2D eigenvalue weighted by Gasteiger charge is -2.26. The minimum Gasteiger partial charge on any atom is -0.462 e. The molecule has 34 heavy (non-hydrogen) atoms. The first-order chi connectivity index (χ1) is 16.6. The first kappa shape index (κ1) is 22.7. The van der Waals surface area contributed by atoms with Crippen molar-refractivity contribution in [3.63, 3.8) is 0 Å². The van der Waals surface area contributed by atoms with Crippen molar-refractivity contribution < 1.29 is 18.7 Å². The Labute approximate surface area is 195 Å². The van der Waals surface area contributed by atoms with Crippen LogP contribution in [0.2, 0.25) is 0 Å². The fourth-order valence-corrected chi connectivity index (χ4v) is 3.53. The predicted molar refractivity (Wildman–Crippen MR) is 123 cm³/mol. The zero-order valence-electron chi connectivity index (χ0n) is 18.3. The molecule has 3 aromatic rings. The second-order valence-corrected chi connectivity index (χ2v) is 7.14. The number of nitrogens with zero attached hydrogens (tertiary/aromatic N) is 5. The van der Waals surface area contributed by atoms with Gasteiger partial charge in [0.05, 0.1) is 23.5 Å². The second kappa shape index (κ2) is 10.4. The number of anilines is 2. The molecule has 0 spiro atoms. The first-order valence-electron chi connectivity index (χ1n) is 10.5. The molecular formula is C24H21FN6O3. The molecular weight excluding hydrogens is 439 g/mol. The van der Waals surface area contributed by atoms with Crippen LogP contribution in [0.25, 0.3) is 11.1 Å². The van der Waals surface area contributed by atoms with E-state index >= 15 is 0 Å². The molecule has 1 aliphatic rings. The molecule has 0 unspecified atom stereocenters. The van der Waals surface area contributed by atoms with Crippen molar-refractivity contribution in [2.24, 2.45) is 20.7 Å². The van der Waals surface area contributed by atoms with Crippen molar-refractivity contribution in [2.45, 2.75) is 13.1 Å². The molecule has 4 rings (SSSR count). The third kappa shape index (κ3) is 4.80. The Balaban J connectivity index is 1.78. The third-order valence-electron chi connectivity index (χ3n) is 5.07. The van der Waals surface area contributed by atoms with E-state index in [2.05, 4.69) is 26.0 Å². The molecule has 9 nitrogen and oxygen atoms in total. The Morgan fingerprint density at radius 3 is 2.29 bits per heavy atom. The number of alkyl halides is 1. The summed E-state index contributed by atoms with van der Waals surface area (Å²) in [6.07, 6.45) is -0.766. The van der Waals surface area contributed by atoms with Crippen LogP contribution in [0.4, 0.5) is 20.6 Å². The van der Waals surface area contributed by atoms with Gasteiger partial charge in [-0.25, -0.2) is 14.0 Å². The van der Waals surface area contributed by atoms with Crippen molar-refractivity contribution >= 4 is 23.4 Å². The van der Waals surface area contributed by atoms with Gasteiger partial charge in [0, 0.05) is 5.56 Å². The average molecular weight is 460 g/mol. The molecule has 1 aliphatic heterocycles. The van der Waals surface area contributed by atoms with Gasteiger partial charge in [0.15, 0.2) is 6.80 Å². The summed E-state index contributed by atoms with van der Waals surface area (Å²) in [7, 11) is 0. The molecule has 0 fully saturated rings. The molecule has 0 bridgehead atoms. The maximum Gasteiger partial charge on any atom is 0.338 e. The van der Waals surface area contributed by atoms with Crippen molar-refractivity contribution in [1.82, 2.24) is 5.32 Å². The highest BCUT2D eigenvalue weighted by Crippen LogP contribution is 2.38. The molecule has 3 aromatic carbocycles. The average Bonchev–Trinajstić information content (AvgIpc) is 3.40. The zero-order valence-corrected chi connectivity index (χ0v) is 18.3. The van der Waals surface area contributed by atoms with E-state index in [1.807, 2.05) is 18.2 Å². The van der Waals surface area contributed by atoms with E-state index in [4.69, 9.17) is 4.74 Å². The number of amides is 2. The van der Waals surface area contributed by atoms with E-state index in [9.17, 15) is 14.0 Å². The van der Waals surface area contributed by atoms with Crippen molar-refractivity contribution in [3.05, 3.63) is 83.9 Å². The standard InChI is InChI=1S/C24H21FN6O3/c1-2-34-23(32)17-10-8-16(9-11-17)18-12-13-21(20(14-18)22-27-29-30-28-22)31(24(33)26-15-25)19-6-4-3-5-7-19/h3-14,22H,2,15H2,1H3,(H,26,33). The van der Waals surface area contributed by atoms with E-state index in [0.717, 1.165) is 11.1 Å². The number of rotatable bonds is 7. The molecule has 10 heteroatoms. The number of hydrogen-bond acceptors (Lipinski definition) is 7. The minimum absolute atomic E-state index is 0.295. The van der Waals surface area contributed by atoms with Gasteiger partial charge < -0.3 is 10.1 Å².